The largest absolute Gasteiger partial charge is 0.438 e. The first-order chi connectivity index (χ1) is 8.61. The highest BCUT2D eigenvalue weighted by Gasteiger charge is 2.09. The van der Waals surface area contributed by atoms with Crippen LogP contribution in [0.3, 0.4) is 0 Å². The fraction of sp³-hybridized carbons (Fsp3) is 0.154. The van der Waals surface area contributed by atoms with Crippen molar-refractivity contribution in [2.45, 2.75) is 13.5 Å². The Balaban J connectivity index is 2.37. The number of aryl methyl sites for hydroxylation is 1. The van der Waals surface area contributed by atoms with Crippen LogP contribution in [0, 0.1) is 6.92 Å². The highest BCUT2D eigenvalue weighted by atomic mass is 79.9. The van der Waals surface area contributed by atoms with Crippen molar-refractivity contribution >= 4 is 31.9 Å². The second-order valence-electron chi connectivity index (χ2n) is 3.81. The Morgan fingerprint density at radius 3 is 2.78 bits per heavy atom. The molecule has 2 N–H and O–H groups in total. The van der Waals surface area contributed by atoms with Crippen molar-refractivity contribution in [2.75, 3.05) is 0 Å². The Kier molecular flexibility index (Phi) is 4.37. The molecule has 5 heteroatoms. The van der Waals surface area contributed by atoms with Crippen molar-refractivity contribution in [1.29, 1.82) is 0 Å². The van der Waals surface area contributed by atoms with Gasteiger partial charge in [0.2, 0.25) is 5.88 Å². The first-order valence-electron chi connectivity index (χ1n) is 5.39. The van der Waals surface area contributed by atoms with E-state index >= 15 is 0 Å². The van der Waals surface area contributed by atoms with Gasteiger partial charge in [-0.05, 0) is 52.7 Å². The zero-order chi connectivity index (χ0) is 13.1. The molecule has 0 unspecified atom stereocenters. The van der Waals surface area contributed by atoms with Crippen LogP contribution in [0.4, 0.5) is 0 Å². The number of hydrogen-bond acceptors (Lipinski definition) is 3. The van der Waals surface area contributed by atoms with Crippen LogP contribution in [-0.4, -0.2) is 4.98 Å². The Morgan fingerprint density at radius 1 is 1.28 bits per heavy atom. The maximum Gasteiger partial charge on any atom is 0.233 e. The number of hydrogen-bond donors (Lipinski definition) is 1. The molecule has 0 saturated heterocycles. The quantitative estimate of drug-likeness (QED) is 0.880. The van der Waals surface area contributed by atoms with E-state index in [9.17, 15) is 0 Å². The molecular formula is C13H12Br2N2O. The van der Waals surface area contributed by atoms with Gasteiger partial charge in [0.05, 0.1) is 4.47 Å². The third-order valence-electron chi connectivity index (χ3n) is 2.50. The first kappa shape index (κ1) is 13.5. The average Bonchev–Trinajstić information content (AvgIpc) is 2.37. The second kappa shape index (κ2) is 5.82. The lowest BCUT2D eigenvalue weighted by atomic mass is 10.2. The fourth-order valence-corrected chi connectivity index (χ4v) is 2.22. The summed E-state index contributed by atoms with van der Waals surface area (Å²) in [7, 11) is 0. The van der Waals surface area contributed by atoms with Gasteiger partial charge in [-0.1, -0.05) is 15.9 Å². The van der Waals surface area contributed by atoms with Crippen LogP contribution >= 0.6 is 31.9 Å². The molecule has 0 radical (unpaired) electrons. The van der Waals surface area contributed by atoms with Gasteiger partial charge >= 0.3 is 0 Å². The number of ether oxygens (including phenoxy) is 1. The summed E-state index contributed by atoms with van der Waals surface area (Å²) in [6, 6.07) is 7.66. The number of aromatic nitrogens is 1. The number of nitrogens with two attached hydrogens (primary N) is 1. The zero-order valence-electron chi connectivity index (χ0n) is 9.78. The van der Waals surface area contributed by atoms with E-state index < -0.39 is 0 Å². The van der Waals surface area contributed by atoms with Gasteiger partial charge in [-0.25, -0.2) is 4.98 Å². The summed E-state index contributed by atoms with van der Waals surface area (Å²) >= 11 is 6.88. The van der Waals surface area contributed by atoms with Crippen LogP contribution in [0.5, 0.6) is 11.6 Å². The molecule has 0 aliphatic carbocycles. The van der Waals surface area contributed by atoms with Gasteiger partial charge in [-0.15, -0.1) is 0 Å². The molecule has 2 rings (SSSR count). The van der Waals surface area contributed by atoms with Crippen molar-refractivity contribution in [3.63, 3.8) is 0 Å². The minimum Gasteiger partial charge on any atom is -0.438 e. The Morgan fingerprint density at radius 2 is 2.06 bits per heavy atom. The summed E-state index contributed by atoms with van der Waals surface area (Å²) in [6.45, 7) is 2.41. The first-order valence-corrected chi connectivity index (χ1v) is 6.98. The predicted octanol–water partition coefficient (Wildman–Crippen LogP) is 4.17. The minimum atomic E-state index is 0.415. The zero-order valence-corrected chi connectivity index (χ0v) is 13.0. The highest BCUT2D eigenvalue weighted by Crippen LogP contribution is 2.32. The van der Waals surface area contributed by atoms with E-state index in [1.807, 2.05) is 31.2 Å². The molecule has 1 aromatic carbocycles. The third kappa shape index (κ3) is 2.91. The molecule has 0 atom stereocenters. The summed E-state index contributed by atoms with van der Waals surface area (Å²) in [5.74, 6) is 1.27. The molecule has 0 amide bonds. The SMILES string of the molecule is Cc1ccnc(Oc2ccc(Br)cc2CN)c1Br. The molecule has 0 spiro atoms. The summed E-state index contributed by atoms with van der Waals surface area (Å²) < 4.78 is 7.64. The van der Waals surface area contributed by atoms with Gasteiger partial charge < -0.3 is 10.5 Å². The normalized spacial score (nSPS) is 10.4. The van der Waals surface area contributed by atoms with E-state index in [4.69, 9.17) is 10.5 Å². The topological polar surface area (TPSA) is 48.1 Å². The van der Waals surface area contributed by atoms with Gasteiger partial charge in [0, 0.05) is 22.8 Å². The van der Waals surface area contributed by atoms with Crippen molar-refractivity contribution in [2.24, 2.45) is 5.73 Å². The van der Waals surface area contributed by atoms with Crippen molar-refractivity contribution < 1.29 is 4.74 Å². The summed E-state index contributed by atoms with van der Waals surface area (Å²) in [5, 5.41) is 0. The van der Waals surface area contributed by atoms with Crippen LogP contribution in [0.2, 0.25) is 0 Å². The van der Waals surface area contributed by atoms with E-state index in [1.54, 1.807) is 6.20 Å². The summed E-state index contributed by atoms with van der Waals surface area (Å²) in [6.07, 6.45) is 1.72. The smallest absolute Gasteiger partial charge is 0.233 e. The monoisotopic (exact) mass is 370 g/mol. The lowest BCUT2D eigenvalue weighted by molar-refractivity contribution is 0.453. The molecule has 0 aliphatic rings. The molecule has 2 aromatic rings. The highest BCUT2D eigenvalue weighted by molar-refractivity contribution is 9.10. The molecule has 18 heavy (non-hydrogen) atoms. The Hall–Kier alpha value is -0.910. The maximum atomic E-state index is 5.81. The van der Waals surface area contributed by atoms with Crippen molar-refractivity contribution in [1.82, 2.24) is 4.98 Å². The molecule has 1 aromatic heterocycles. The van der Waals surface area contributed by atoms with E-state index in [0.717, 1.165) is 25.8 Å². The van der Waals surface area contributed by atoms with Gasteiger partial charge in [0.25, 0.3) is 0 Å². The number of benzene rings is 1. The number of pyridine rings is 1. The van der Waals surface area contributed by atoms with Crippen LogP contribution in [-0.2, 0) is 6.54 Å². The van der Waals surface area contributed by atoms with E-state index in [0.29, 0.717) is 12.4 Å². The molecule has 0 saturated carbocycles. The Labute approximate surface area is 123 Å². The predicted molar refractivity (Wildman–Crippen MR) is 78.8 cm³/mol. The van der Waals surface area contributed by atoms with Gasteiger partial charge in [0.15, 0.2) is 0 Å². The van der Waals surface area contributed by atoms with Gasteiger partial charge in [-0.2, -0.15) is 0 Å². The molecule has 0 bridgehead atoms. The molecule has 3 nitrogen and oxygen atoms in total. The molecule has 1 heterocycles. The summed E-state index contributed by atoms with van der Waals surface area (Å²) in [4.78, 5) is 4.21. The van der Waals surface area contributed by atoms with E-state index in [2.05, 4.69) is 36.8 Å². The lowest BCUT2D eigenvalue weighted by Crippen LogP contribution is -2.00. The molecule has 0 fully saturated rings. The van der Waals surface area contributed by atoms with Crippen LogP contribution < -0.4 is 10.5 Å². The second-order valence-corrected chi connectivity index (χ2v) is 5.51. The fourth-order valence-electron chi connectivity index (χ4n) is 1.50. The van der Waals surface area contributed by atoms with Crippen LogP contribution in [0.25, 0.3) is 0 Å². The van der Waals surface area contributed by atoms with E-state index in [1.165, 1.54) is 0 Å². The minimum absolute atomic E-state index is 0.415. The lowest BCUT2D eigenvalue weighted by Gasteiger charge is -2.11. The van der Waals surface area contributed by atoms with Crippen molar-refractivity contribution in [3.05, 3.63) is 50.5 Å². The van der Waals surface area contributed by atoms with Crippen LogP contribution in [0.15, 0.2) is 39.4 Å². The number of nitrogens with zero attached hydrogens (tertiary/aromatic N) is 1. The molecular weight excluding hydrogens is 360 g/mol. The van der Waals surface area contributed by atoms with Crippen LogP contribution in [0.1, 0.15) is 11.1 Å². The van der Waals surface area contributed by atoms with Gasteiger partial charge in [0.1, 0.15) is 5.75 Å². The average molecular weight is 372 g/mol. The third-order valence-corrected chi connectivity index (χ3v) is 3.96. The molecule has 0 aliphatic heterocycles. The maximum absolute atomic E-state index is 5.81. The summed E-state index contributed by atoms with van der Waals surface area (Å²) in [5.41, 5.74) is 7.71. The molecule has 94 valence electrons. The van der Waals surface area contributed by atoms with Crippen molar-refractivity contribution in [3.8, 4) is 11.6 Å². The standard InChI is InChI=1S/C13H12Br2N2O/c1-8-4-5-17-13(12(8)15)18-11-3-2-10(14)6-9(11)7-16/h2-6H,7,16H2,1H3. The number of halogens is 2. The van der Waals surface area contributed by atoms with E-state index in [-0.39, 0.29) is 0 Å². The Bertz CT molecular complexity index is 573. The number of rotatable bonds is 3. The van der Waals surface area contributed by atoms with Gasteiger partial charge in [-0.3, -0.25) is 0 Å².